The zero-order valence-electron chi connectivity index (χ0n) is 14.2. The zero-order chi connectivity index (χ0) is 17.5. The van der Waals surface area contributed by atoms with Crippen LogP contribution in [0.15, 0.2) is 65.1 Å². The first-order chi connectivity index (χ1) is 12.2. The van der Waals surface area contributed by atoms with Crippen LogP contribution in [0.4, 0.5) is 17.5 Å². The minimum atomic E-state index is 0.660. The van der Waals surface area contributed by atoms with Gasteiger partial charge in [0.2, 0.25) is 5.95 Å². The molecule has 0 spiro atoms. The van der Waals surface area contributed by atoms with Crippen LogP contribution in [0.25, 0.3) is 0 Å². The molecule has 25 heavy (non-hydrogen) atoms. The minimum absolute atomic E-state index is 0.660. The van der Waals surface area contributed by atoms with Crippen molar-refractivity contribution in [2.45, 2.75) is 19.8 Å². The molecule has 0 amide bonds. The van der Waals surface area contributed by atoms with Gasteiger partial charge in [-0.1, -0.05) is 46.3 Å². The Morgan fingerprint density at radius 3 is 2.48 bits per heavy atom. The number of nitrogens with zero attached hydrogens (tertiary/aromatic N) is 2. The van der Waals surface area contributed by atoms with Crippen molar-refractivity contribution >= 4 is 33.4 Å². The maximum Gasteiger partial charge on any atom is 0.224 e. The van der Waals surface area contributed by atoms with Crippen molar-refractivity contribution in [3.8, 4) is 0 Å². The molecule has 0 unspecified atom stereocenters. The van der Waals surface area contributed by atoms with Gasteiger partial charge < -0.3 is 10.6 Å². The summed E-state index contributed by atoms with van der Waals surface area (Å²) in [5.41, 5.74) is 3.28. The lowest BCUT2D eigenvalue weighted by Gasteiger charge is -2.10. The minimum Gasteiger partial charge on any atom is -0.354 e. The molecule has 0 aliphatic heterocycles. The van der Waals surface area contributed by atoms with E-state index in [-0.39, 0.29) is 0 Å². The average molecular weight is 397 g/mol. The first-order valence-corrected chi connectivity index (χ1v) is 9.14. The van der Waals surface area contributed by atoms with E-state index in [2.05, 4.69) is 60.8 Å². The summed E-state index contributed by atoms with van der Waals surface area (Å²) in [7, 11) is 0. The zero-order valence-corrected chi connectivity index (χ0v) is 15.8. The molecule has 2 aromatic carbocycles. The number of rotatable bonds is 7. The van der Waals surface area contributed by atoms with Gasteiger partial charge in [-0.15, -0.1) is 0 Å². The third-order valence-corrected chi connectivity index (χ3v) is 4.27. The molecule has 0 saturated carbocycles. The smallest absolute Gasteiger partial charge is 0.224 e. The molecule has 2 N–H and O–H groups in total. The van der Waals surface area contributed by atoms with Gasteiger partial charge >= 0.3 is 0 Å². The summed E-state index contributed by atoms with van der Waals surface area (Å²) in [5.74, 6) is 1.45. The summed E-state index contributed by atoms with van der Waals surface area (Å²) in [6.45, 7) is 2.82. The second-order valence-electron chi connectivity index (χ2n) is 5.87. The largest absolute Gasteiger partial charge is 0.354 e. The van der Waals surface area contributed by atoms with Gasteiger partial charge in [-0.3, -0.25) is 0 Å². The Balaban J connectivity index is 1.56. The highest BCUT2D eigenvalue weighted by atomic mass is 79.9. The van der Waals surface area contributed by atoms with Gasteiger partial charge in [-0.25, -0.2) is 4.98 Å². The predicted molar refractivity (Wildman–Crippen MR) is 107 cm³/mol. The average Bonchev–Trinajstić information content (AvgIpc) is 2.61. The van der Waals surface area contributed by atoms with E-state index in [0.717, 1.165) is 41.1 Å². The van der Waals surface area contributed by atoms with Crippen LogP contribution in [0.3, 0.4) is 0 Å². The van der Waals surface area contributed by atoms with Crippen LogP contribution in [0.2, 0.25) is 0 Å². The van der Waals surface area contributed by atoms with E-state index < -0.39 is 0 Å². The fourth-order valence-electron chi connectivity index (χ4n) is 2.53. The molecule has 0 aliphatic rings. The predicted octanol–water partition coefficient (Wildman–Crippen LogP) is 5.34. The molecule has 0 fully saturated rings. The molecule has 0 bridgehead atoms. The van der Waals surface area contributed by atoms with Gasteiger partial charge in [0, 0.05) is 28.5 Å². The van der Waals surface area contributed by atoms with E-state index >= 15 is 0 Å². The molecule has 1 aromatic heterocycles. The van der Waals surface area contributed by atoms with Crippen molar-refractivity contribution in [2.24, 2.45) is 0 Å². The lowest BCUT2D eigenvalue weighted by atomic mass is 10.1. The topological polar surface area (TPSA) is 49.8 Å². The number of aryl methyl sites for hydroxylation is 2. The lowest BCUT2D eigenvalue weighted by Crippen LogP contribution is -2.08. The van der Waals surface area contributed by atoms with Crippen molar-refractivity contribution in [1.29, 1.82) is 0 Å². The van der Waals surface area contributed by atoms with Crippen molar-refractivity contribution in [3.63, 3.8) is 0 Å². The maximum absolute atomic E-state index is 4.55. The van der Waals surface area contributed by atoms with Crippen LogP contribution in [-0.4, -0.2) is 16.5 Å². The van der Waals surface area contributed by atoms with Gasteiger partial charge in [0.1, 0.15) is 5.82 Å². The summed E-state index contributed by atoms with van der Waals surface area (Å²) in [6, 6.07) is 20.5. The second-order valence-corrected chi connectivity index (χ2v) is 6.78. The molecule has 5 heteroatoms. The van der Waals surface area contributed by atoms with Crippen molar-refractivity contribution < 1.29 is 0 Å². The molecule has 0 atom stereocenters. The fourth-order valence-corrected chi connectivity index (χ4v) is 2.79. The van der Waals surface area contributed by atoms with Gasteiger partial charge in [0.05, 0.1) is 0 Å². The number of hydrogen-bond acceptors (Lipinski definition) is 4. The van der Waals surface area contributed by atoms with Crippen LogP contribution in [-0.2, 0) is 6.42 Å². The number of nitrogens with one attached hydrogen (secondary N) is 2. The SMILES string of the molecule is Cc1cc(Nc2ccc(Br)cc2)nc(NCCCc2ccccc2)n1. The number of benzene rings is 2. The standard InChI is InChI=1S/C20H21BrN4/c1-15-14-19(24-18-11-9-17(21)10-12-18)25-20(23-15)22-13-5-8-16-6-3-2-4-7-16/h2-4,6-7,9-12,14H,5,8,13H2,1H3,(H2,22,23,24,25). The molecular weight excluding hydrogens is 376 g/mol. The molecule has 3 rings (SSSR count). The van der Waals surface area contributed by atoms with Crippen molar-refractivity contribution in [1.82, 2.24) is 9.97 Å². The Bertz CT molecular complexity index is 804. The highest BCUT2D eigenvalue weighted by Crippen LogP contribution is 2.19. The summed E-state index contributed by atoms with van der Waals surface area (Å²) < 4.78 is 1.05. The quantitative estimate of drug-likeness (QED) is 0.529. The Morgan fingerprint density at radius 2 is 1.72 bits per heavy atom. The molecule has 0 radical (unpaired) electrons. The van der Waals surface area contributed by atoms with E-state index in [9.17, 15) is 0 Å². The summed E-state index contributed by atoms with van der Waals surface area (Å²) in [6.07, 6.45) is 2.08. The highest BCUT2D eigenvalue weighted by molar-refractivity contribution is 9.10. The Kier molecular flexibility index (Phi) is 6.01. The van der Waals surface area contributed by atoms with Crippen LogP contribution < -0.4 is 10.6 Å². The third-order valence-electron chi connectivity index (χ3n) is 3.74. The van der Waals surface area contributed by atoms with E-state index in [1.54, 1.807) is 0 Å². The molecule has 0 aliphatic carbocycles. The number of hydrogen-bond donors (Lipinski definition) is 2. The fraction of sp³-hybridized carbons (Fsp3) is 0.200. The van der Waals surface area contributed by atoms with Crippen LogP contribution in [0.5, 0.6) is 0 Å². The Hall–Kier alpha value is -2.40. The van der Waals surface area contributed by atoms with E-state index in [0.29, 0.717) is 5.95 Å². The van der Waals surface area contributed by atoms with Gasteiger partial charge in [-0.05, 0) is 49.6 Å². The van der Waals surface area contributed by atoms with Crippen LogP contribution in [0.1, 0.15) is 17.7 Å². The second kappa shape index (κ2) is 8.62. The Morgan fingerprint density at radius 1 is 0.960 bits per heavy atom. The number of halogens is 1. The molecule has 4 nitrogen and oxygen atoms in total. The third kappa shape index (κ3) is 5.57. The van der Waals surface area contributed by atoms with Crippen molar-refractivity contribution in [2.75, 3.05) is 17.2 Å². The molecule has 1 heterocycles. The van der Waals surface area contributed by atoms with Crippen LogP contribution >= 0.6 is 15.9 Å². The first kappa shape index (κ1) is 17.4. The molecule has 0 saturated heterocycles. The first-order valence-electron chi connectivity index (χ1n) is 8.35. The molecular formula is C20H21BrN4. The van der Waals surface area contributed by atoms with E-state index in [4.69, 9.17) is 0 Å². The lowest BCUT2D eigenvalue weighted by molar-refractivity contribution is 0.851. The van der Waals surface area contributed by atoms with Crippen LogP contribution in [0, 0.1) is 6.92 Å². The summed E-state index contributed by atoms with van der Waals surface area (Å²) in [4.78, 5) is 9.02. The van der Waals surface area contributed by atoms with Gasteiger partial charge in [0.15, 0.2) is 0 Å². The number of anilines is 3. The molecule has 128 valence electrons. The monoisotopic (exact) mass is 396 g/mol. The van der Waals surface area contributed by atoms with Gasteiger partial charge in [-0.2, -0.15) is 4.98 Å². The summed E-state index contributed by atoms with van der Waals surface area (Å²) >= 11 is 3.44. The normalized spacial score (nSPS) is 10.5. The highest BCUT2D eigenvalue weighted by Gasteiger charge is 2.03. The van der Waals surface area contributed by atoms with E-state index in [1.165, 1.54) is 5.56 Å². The Labute approximate surface area is 156 Å². The number of aromatic nitrogens is 2. The molecule has 3 aromatic rings. The van der Waals surface area contributed by atoms with Gasteiger partial charge in [0.25, 0.3) is 0 Å². The van der Waals surface area contributed by atoms with Crippen molar-refractivity contribution in [3.05, 3.63) is 76.4 Å². The van der Waals surface area contributed by atoms with E-state index in [1.807, 2.05) is 43.3 Å². The maximum atomic E-state index is 4.55. The summed E-state index contributed by atoms with van der Waals surface area (Å²) in [5, 5.41) is 6.64.